The Morgan fingerprint density at radius 2 is 1.96 bits per heavy atom. The van der Waals surface area contributed by atoms with Gasteiger partial charge in [0, 0.05) is 31.7 Å². The fourth-order valence-corrected chi connectivity index (χ4v) is 2.69. The van der Waals surface area contributed by atoms with E-state index in [1.165, 1.54) is 0 Å². The van der Waals surface area contributed by atoms with Crippen LogP contribution in [0, 0.1) is 6.92 Å². The number of rotatable bonds is 3. The van der Waals surface area contributed by atoms with E-state index in [2.05, 4.69) is 27.4 Å². The summed E-state index contributed by atoms with van der Waals surface area (Å²) >= 11 is 0. The number of piperazine rings is 1. The maximum atomic E-state index is 12.3. The Morgan fingerprint density at radius 3 is 2.67 bits per heavy atom. The van der Waals surface area contributed by atoms with Crippen molar-refractivity contribution in [3.63, 3.8) is 0 Å². The highest BCUT2D eigenvalue weighted by Gasteiger charge is 2.23. The number of carbonyl (C=O) groups is 1. The minimum atomic E-state index is -0.331. The number of nitrogens with one attached hydrogen (secondary N) is 1. The van der Waals surface area contributed by atoms with Gasteiger partial charge >= 0.3 is 6.03 Å². The van der Waals surface area contributed by atoms with Crippen molar-refractivity contribution in [3.05, 3.63) is 35.7 Å². The Labute approximate surface area is 141 Å². The molecular weight excluding hydrogens is 306 g/mol. The maximum absolute atomic E-state index is 12.3. The molecule has 1 aromatic carbocycles. The van der Waals surface area contributed by atoms with Crippen LogP contribution in [0.1, 0.15) is 24.4 Å². The molecule has 2 aromatic rings. The molecule has 1 saturated heterocycles. The molecule has 0 unspecified atom stereocenters. The number of benzene rings is 1. The van der Waals surface area contributed by atoms with Gasteiger partial charge < -0.3 is 19.6 Å². The quantitative estimate of drug-likeness (QED) is 0.933. The average Bonchev–Trinajstić information content (AvgIpc) is 3.05. The van der Waals surface area contributed by atoms with Crippen LogP contribution in [-0.4, -0.2) is 59.2 Å². The summed E-state index contributed by atoms with van der Waals surface area (Å²) in [5.41, 5.74) is 2.02. The topological polar surface area (TPSA) is 74.5 Å². The molecule has 7 heteroatoms. The van der Waals surface area contributed by atoms with Gasteiger partial charge in [-0.2, -0.15) is 4.98 Å². The largest absolute Gasteiger partial charge is 0.337 e. The summed E-state index contributed by atoms with van der Waals surface area (Å²) in [5, 5.41) is 6.97. The zero-order valence-electron chi connectivity index (χ0n) is 14.3. The van der Waals surface area contributed by atoms with Crippen molar-refractivity contribution in [2.75, 3.05) is 33.2 Å². The molecule has 1 aliphatic rings. The summed E-state index contributed by atoms with van der Waals surface area (Å²) in [7, 11) is 2.06. The molecule has 0 aliphatic carbocycles. The Bertz CT molecular complexity index is 707. The van der Waals surface area contributed by atoms with Crippen LogP contribution < -0.4 is 5.32 Å². The van der Waals surface area contributed by atoms with Gasteiger partial charge in [0.1, 0.15) is 6.04 Å². The third-order valence-electron chi connectivity index (χ3n) is 4.33. The molecule has 2 amide bonds. The molecule has 2 heterocycles. The van der Waals surface area contributed by atoms with Crippen molar-refractivity contribution in [3.8, 4) is 11.4 Å². The monoisotopic (exact) mass is 329 g/mol. The number of nitrogens with zero attached hydrogens (tertiary/aromatic N) is 4. The number of urea groups is 1. The van der Waals surface area contributed by atoms with Gasteiger partial charge in [-0.1, -0.05) is 29.4 Å². The highest BCUT2D eigenvalue weighted by atomic mass is 16.5. The van der Waals surface area contributed by atoms with E-state index in [0.717, 1.165) is 37.3 Å². The van der Waals surface area contributed by atoms with Gasteiger partial charge in [-0.15, -0.1) is 0 Å². The molecule has 1 atom stereocenters. The van der Waals surface area contributed by atoms with Crippen molar-refractivity contribution >= 4 is 6.03 Å². The third-order valence-corrected chi connectivity index (χ3v) is 4.33. The third kappa shape index (κ3) is 3.56. The van der Waals surface area contributed by atoms with Crippen LogP contribution in [0.2, 0.25) is 0 Å². The predicted octanol–water partition coefficient (Wildman–Crippen LogP) is 2.06. The minimum absolute atomic E-state index is 0.0914. The number of aromatic nitrogens is 2. The van der Waals surface area contributed by atoms with Crippen LogP contribution in [0.3, 0.4) is 0 Å². The minimum Gasteiger partial charge on any atom is -0.337 e. The predicted molar refractivity (Wildman–Crippen MR) is 90.5 cm³/mol. The van der Waals surface area contributed by atoms with Crippen LogP contribution >= 0.6 is 0 Å². The average molecular weight is 329 g/mol. The van der Waals surface area contributed by atoms with Gasteiger partial charge in [0.25, 0.3) is 0 Å². The first-order chi connectivity index (χ1) is 11.5. The number of amides is 2. The molecule has 1 aromatic heterocycles. The first kappa shape index (κ1) is 16.4. The summed E-state index contributed by atoms with van der Waals surface area (Å²) in [4.78, 5) is 20.8. The summed E-state index contributed by atoms with van der Waals surface area (Å²) in [6.45, 7) is 7.09. The molecule has 0 saturated carbocycles. The molecule has 1 aliphatic heterocycles. The summed E-state index contributed by atoms with van der Waals surface area (Å²) < 4.78 is 5.34. The second kappa shape index (κ2) is 7.00. The van der Waals surface area contributed by atoms with Crippen molar-refractivity contribution in [2.45, 2.75) is 19.9 Å². The molecule has 1 N–H and O–H groups in total. The second-order valence-electron chi connectivity index (χ2n) is 6.23. The molecule has 1 fully saturated rings. The van der Waals surface area contributed by atoms with Crippen molar-refractivity contribution in [1.29, 1.82) is 0 Å². The number of carbonyl (C=O) groups excluding carboxylic acids is 1. The zero-order valence-corrected chi connectivity index (χ0v) is 14.3. The van der Waals surface area contributed by atoms with E-state index < -0.39 is 0 Å². The Morgan fingerprint density at radius 1 is 1.25 bits per heavy atom. The second-order valence-corrected chi connectivity index (χ2v) is 6.23. The number of aryl methyl sites for hydroxylation is 1. The fourth-order valence-electron chi connectivity index (χ4n) is 2.69. The van der Waals surface area contributed by atoms with Crippen LogP contribution in [0.15, 0.2) is 28.8 Å². The van der Waals surface area contributed by atoms with Gasteiger partial charge in [0.2, 0.25) is 11.7 Å². The van der Waals surface area contributed by atoms with Gasteiger partial charge in [-0.3, -0.25) is 0 Å². The molecule has 3 rings (SSSR count). The Kier molecular flexibility index (Phi) is 4.80. The summed E-state index contributed by atoms with van der Waals surface area (Å²) in [5.74, 6) is 0.958. The first-order valence-corrected chi connectivity index (χ1v) is 8.18. The molecule has 0 radical (unpaired) electrons. The number of hydrogen-bond donors (Lipinski definition) is 1. The van der Waals surface area contributed by atoms with Crippen LogP contribution in [0.25, 0.3) is 11.4 Å². The SMILES string of the molecule is Cc1ccccc1-c1noc([C@@H](C)NC(=O)N2CCN(C)CC2)n1. The zero-order chi connectivity index (χ0) is 17.1. The maximum Gasteiger partial charge on any atom is 0.318 e. The van der Waals surface area contributed by atoms with E-state index in [1.807, 2.05) is 43.0 Å². The van der Waals surface area contributed by atoms with Crippen LogP contribution in [0.5, 0.6) is 0 Å². The molecule has 0 bridgehead atoms. The van der Waals surface area contributed by atoms with Gasteiger partial charge in [0.15, 0.2) is 0 Å². The molecular formula is C17H23N5O2. The normalized spacial score (nSPS) is 16.9. The highest BCUT2D eigenvalue weighted by Crippen LogP contribution is 2.21. The fraction of sp³-hybridized carbons (Fsp3) is 0.471. The van der Waals surface area contributed by atoms with Gasteiger partial charge in [-0.05, 0) is 26.5 Å². The van der Waals surface area contributed by atoms with Gasteiger partial charge in [0.05, 0.1) is 0 Å². The smallest absolute Gasteiger partial charge is 0.318 e. The van der Waals surface area contributed by atoms with E-state index >= 15 is 0 Å². The molecule has 24 heavy (non-hydrogen) atoms. The van der Waals surface area contributed by atoms with Crippen molar-refractivity contribution in [1.82, 2.24) is 25.3 Å². The summed E-state index contributed by atoms with van der Waals surface area (Å²) in [6.07, 6.45) is 0. The van der Waals surface area contributed by atoms with Gasteiger partial charge in [-0.25, -0.2) is 4.79 Å². The number of hydrogen-bond acceptors (Lipinski definition) is 5. The number of likely N-dealkylation sites (N-methyl/N-ethyl adjacent to an activating group) is 1. The lowest BCUT2D eigenvalue weighted by molar-refractivity contribution is 0.150. The molecule has 7 nitrogen and oxygen atoms in total. The Hall–Kier alpha value is -2.41. The Balaban J connectivity index is 1.65. The lowest BCUT2D eigenvalue weighted by Gasteiger charge is -2.32. The van der Waals surface area contributed by atoms with Crippen LogP contribution in [-0.2, 0) is 0 Å². The first-order valence-electron chi connectivity index (χ1n) is 8.18. The van der Waals surface area contributed by atoms with E-state index in [1.54, 1.807) is 0 Å². The van der Waals surface area contributed by atoms with Crippen molar-refractivity contribution < 1.29 is 9.32 Å². The lowest BCUT2D eigenvalue weighted by atomic mass is 10.1. The summed E-state index contributed by atoms with van der Waals surface area (Å²) in [6, 6.07) is 7.45. The van der Waals surface area contributed by atoms with E-state index in [-0.39, 0.29) is 12.1 Å². The highest BCUT2D eigenvalue weighted by molar-refractivity contribution is 5.74. The molecule has 128 valence electrons. The van der Waals surface area contributed by atoms with Crippen molar-refractivity contribution in [2.24, 2.45) is 0 Å². The molecule has 0 spiro atoms. The lowest BCUT2D eigenvalue weighted by Crippen LogP contribution is -2.51. The van der Waals surface area contributed by atoms with E-state index in [9.17, 15) is 4.79 Å². The van der Waals surface area contributed by atoms with E-state index in [4.69, 9.17) is 4.52 Å². The van der Waals surface area contributed by atoms with E-state index in [0.29, 0.717) is 11.7 Å². The van der Waals surface area contributed by atoms with Crippen LogP contribution in [0.4, 0.5) is 4.79 Å². The standard InChI is InChI=1S/C17H23N5O2/c1-12-6-4-5-7-14(12)15-19-16(24-20-15)13(2)18-17(23)22-10-8-21(3)9-11-22/h4-7,13H,8-11H2,1-3H3,(H,18,23)/t13-/m1/s1.